The molecule has 0 bridgehead atoms. The Balaban J connectivity index is 1.16. The molecule has 2 heterocycles. The summed E-state index contributed by atoms with van der Waals surface area (Å²) in [4.78, 5) is 16.5. The van der Waals surface area contributed by atoms with E-state index in [1.165, 1.54) is 0 Å². The molecule has 0 fully saturated rings. The van der Waals surface area contributed by atoms with Crippen LogP contribution in [0.25, 0.3) is 50.3 Å². The van der Waals surface area contributed by atoms with Crippen LogP contribution in [0.4, 0.5) is 17.1 Å². The number of hydrogen-bond acceptors (Lipinski definition) is 4. The second-order valence-electron chi connectivity index (χ2n) is 10.6. The van der Waals surface area contributed by atoms with Crippen molar-refractivity contribution in [2.45, 2.75) is 0 Å². The first-order valence-electron chi connectivity index (χ1n) is 14.6. The van der Waals surface area contributed by atoms with Crippen molar-refractivity contribution in [2.24, 2.45) is 0 Å². The van der Waals surface area contributed by atoms with E-state index in [1.807, 2.05) is 36.4 Å². The molecule has 0 saturated heterocycles. The van der Waals surface area contributed by atoms with Gasteiger partial charge in [-0.05, 0) is 71.8 Å². The molecule has 8 rings (SSSR count). The minimum absolute atomic E-state index is 0.844. The summed E-state index contributed by atoms with van der Waals surface area (Å²) in [5, 5.41) is 0. The quantitative estimate of drug-likeness (QED) is 0.201. The maximum absolute atomic E-state index is 5.07. The number of imidazole rings is 1. The largest absolute Gasteiger partial charge is 0.311 e. The molecule has 0 aliphatic rings. The van der Waals surface area contributed by atoms with Gasteiger partial charge < -0.3 is 4.90 Å². The number of benzene rings is 6. The van der Waals surface area contributed by atoms with Gasteiger partial charge in [-0.1, -0.05) is 91.0 Å². The zero-order valence-corrected chi connectivity index (χ0v) is 23.8. The smallest absolute Gasteiger partial charge is 0.145 e. The average Bonchev–Trinajstić information content (AvgIpc) is 3.49. The Hall–Kier alpha value is -6.07. The highest BCUT2D eigenvalue weighted by Crippen LogP contribution is 2.36. The van der Waals surface area contributed by atoms with Crippen LogP contribution in [-0.2, 0) is 0 Å². The lowest BCUT2D eigenvalue weighted by atomic mass is 10.0. The van der Waals surface area contributed by atoms with Crippen LogP contribution in [-0.4, -0.2) is 19.5 Å². The highest BCUT2D eigenvalue weighted by atomic mass is 15.1. The molecule has 0 saturated carbocycles. The molecule has 0 unspecified atom stereocenters. The van der Waals surface area contributed by atoms with Crippen LogP contribution in [0.2, 0.25) is 0 Å². The summed E-state index contributed by atoms with van der Waals surface area (Å²) in [6, 6.07) is 52.6. The van der Waals surface area contributed by atoms with Gasteiger partial charge in [0.05, 0.1) is 22.2 Å². The van der Waals surface area contributed by atoms with Crippen LogP contribution in [0.5, 0.6) is 0 Å². The second kappa shape index (κ2) is 11.0. The Bertz CT molecular complexity index is 2160. The predicted octanol–water partition coefficient (Wildman–Crippen LogP) is 9.77. The Kier molecular flexibility index (Phi) is 6.39. The van der Waals surface area contributed by atoms with Gasteiger partial charge in [0.15, 0.2) is 0 Å². The molecule has 2 aromatic heterocycles. The molecule has 5 heteroatoms. The predicted molar refractivity (Wildman–Crippen MR) is 180 cm³/mol. The molecule has 8 aromatic rings. The third-order valence-corrected chi connectivity index (χ3v) is 7.91. The van der Waals surface area contributed by atoms with E-state index in [-0.39, 0.29) is 0 Å². The molecule has 5 nitrogen and oxygen atoms in total. The fourth-order valence-corrected chi connectivity index (χ4v) is 5.84. The van der Waals surface area contributed by atoms with Gasteiger partial charge in [-0.25, -0.2) is 4.98 Å². The second-order valence-corrected chi connectivity index (χ2v) is 10.6. The summed E-state index contributed by atoms with van der Waals surface area (Å²) in [5.74, 6) is 0.868. The maximum Gasteiger partial charge on any atom is 0.145 e. The normalized spacial score (nSPS) is 11.2. The lowest BCUT2D eigenvalue weighted by Crippen LogP contribution is -2.09. The minimum Gasteiger partial charge on any atom is -0.311 e. The zero-order valence-electron chi connectivity index (χ0n) is 23.8. The van der Waals surface area contributed by atoms with Gasteiger partial charge in [0.2, 0.25) is 0 Å². The summed E-state index contributed by atoms with van der Waals surface area (Å²) in [5.41, 5.74) is 11.3. The molecule has 6 aromatic carbocycles. The number of nitrogens with zero attached hydrogens (tertiary/aromatic N) is 5. The topological polar surface area (TPSA) is 46.8 Å². The molecular weight excluding hydrogens is 538 g/mol. The Labute approximate surface area is 255 Å². The molecule has 208 valence electrons. The van der Waals surface area contributed by atoms with Gasteiger partial charge >= 0.3 is 0 Å². The van der Waals surface area contributed by atoms with Crippen LogP contribution in [0, 0.1) is 0 Å². The van der Waals surface area contributed by atoms with Crippen LogP contribution >= 0.6 is 0 Å². The summed E-state index contributed by atoms with van der Waals surface area (Å²) in [7, 11) is 0. The van der Waals surface area contributed by atoms with Gasteiger partial charge in [-0.3, -0.25) is 14.5 Å². The van der Waals surface area contributed by atoms with Crippen molar-refractivity contribution in [3.05, 3.63) is 164 Å². The van der Waals surface area contributed by atoms with E-state index >= 15 is 0 Å². The highest BCUT2D eigenvalue weighted by Gasteiger charge is 2.17. The summed E-state index contributed by atoms with van der Waals surface area (Å²) in [6.07, 6.45) is 3.47. The fraction of sp³-hybridized carbons (Fsp3) is 0. The van der Waals surface area contributed by atoms with Crippen molar-refractivity contribution in [3.63, 3.8) is 0 Å². The molecule has 44 heavy (non-hydrogen) atoms. The molecule has 0 N–H and O–H groups in total. The summed E-state index contributed by atoms with van der Waals surface area (Å²) < 4.78 is 2.19. The third kappa shape index (κ3) is 4.57. The van der Waals surface area contributed by atoms with Gasteiger partial charge in [0.1, 0.15) is 11.3 Å². The zero-order chi connectivity index (χ0) is 29.3. The van der Waals surface area contributed by atoms with Gasteiger partial charge in [-0.2, -0.15) is 0 Å². The lowest BCUT2D eigenvalue weighted by molar-refractivity contribution is 1.10. The van der Waals surface area contributed by atoms with Crippen molar-refractivity contribution >= 4 is 39.1 Å². The Morgan fingerprint density at radius 2 is 0.977 bits per heavy atom. The van der Waals surface area contributed by atoms with Gasteiger partial charge in [0, 0.05) is 35.0 Å². The molecule has 0 spiro atoms. The molecule has 0 amide bonds. The van der Waals surface area contributed by atoms with Crippen molar-refractivity contribution in [2.75, 3.05) is 4.90 Å². The molecule has 0 radical (unpaired) electrons. The van der Waals surface area contributed by atoms with Gasteiger partial charge in [0.25, 0.3) is 0 Å². The summed E-state index contributed by atoms with van der Waals surface area (Å²) in [6.45, 7) is 0. The first-order valence-corrected chi connectivity index (χ1v) is 14.6. The molecule has 0 aliphatic heterocycles. The molecular formula is C39H27N5. The number of anilines is 3. The first kappa shape index (κ1) is 25.6. The number of aromatic nitrogens is 4. The monoisotopic (exact) mass is 565 g/mol. The first-order chi connectivity index (χ1) is 21.8. The van der Waals surface area contributed by atoms with E-state index in [0.717, 1.165) is 67.3 Å². The lowest BCUT2D eigenvalue weighted by Gasteiger charge is -2.25. The highest BCUT2D eigenvalue weighted by molar-refractivity contribution is 5.90. The molecule has 0 atom stereocenters. The third-order valence-electron chi connectivity index (χ3n) is 7.91. The van der Waals surface area contributed by atoms with E-state index in [4.69, 9.17) is 4.98 Å². The standard InChI is InChI=1S/C39H27N5/c1-3-10-31(11-4-1)43(32-12-5-2-6-13-32)33-24-22-29(23-25-33)28-18-20-30(21-19-28)39-42-34-14-7-8-16-36(34)44(39)37-17-9-15-35-38(37)41-27-26-40-35/h1-27H. The van der Waals surface area contributed by atoms with Gasteiger partial charge in [-0.15, -0.1) is 0 Å². The van der Waals surface area contributed by atoms with Crippen molar-refractivity contribution in [1.82, 2.24) is 19.5 Å². The van der Waals surface area contributed by atoms with E-state index in [9.17, 15) is 0 Å². The van der Waals surface area contributed by atoms with Crippen LogP contribution < -0.4 is 4.90 Å². The molecule has 0 aliphatic carbocycles. The van der Waals surface area contributed by atoms with E-state index in [1.54, 1.807) is 12.4 Å². The number of fused-ring (bicyclic) bond motifs is 2. The van der Waals surface area contributed by atoms with Crippen LogP contribution in [0.3, 0.4) is 0 Å². The van der Waals surface area contributed by atoms with Crippen LogP contribution in [0.1, 0.15) is 0 Å². The number of hydrogen-bond donors (Lipinski definition) is 0. The van der Waals surface area contributed by atoms with Crippen LogP contribution in [0.15, 0.2) is 164 Å². The van der Waals surface area contributed by atoms with Crippen molar-refractivity contribution in [1.29, 1.82) is 0 Å². The number of para-hydroxylation sites is 5. The SMILES string of the molecule is c1ccc(N(c2ccccc2)c2ccc(-c3ccc(-c4nc5ccccc5n4-c4cccc5nccnc45)cc3)cc2)cc1. The van der Waals surface area contributed by atoms with E-state index in [2.05, 4.69) is 135 Å². The summed E-state index contributed by atoms with van der Waals surface area (Å²) >= 11 is 0. The fourth-order valence-electron chi connectivity index (χ4n) is 5.84. The van der Waals surface area contributed by atoms with E-state index < -0.39 is 0 Å². The Morgan fingerprint density at radius 3 is 1.68 bits per heavy atom. The van der Waals surface area contributed by atoms with E-state index in [0.29, 0.717) is 0 Å². The maximum atomic E-state index is 5.07. The van der Waals surface area contributed by atoms with Crippen molar-refractivity contribution < 1.29 is 0 Å². The Morgan fingerprint density at radius 1 is 0.432 bits per heavy atom. The number of rotatable bonds is 6. The minimum atomic E-state index is 0.844. The average molecular weight is 566 g/mol. The van der Waals surface area contributed by atoms with Crippen molar-refractivity contribution in [3.8, 4) is 28.2 Å².